The van der Waals surface area contributed by atoms with E-state index in [0.717, 1.165) is 11.1 Å². The van der Waals surface area contributed by atoms with Gasteiger partial charge in [-0.2, -0.15) is 0 Å². The number of carbonyl (C=O) groups is 1. The molecule has 1 rings (SSSR count). The molecule has 3 heteroatoms. The summed E-state index contributed by atoms with van der Waals surface area (Å²) in [5.74, 6) is 0.223. The maximum atomic E-state index is 10.8. The normalized spacial score (nSPS) is 10.1. The lowest BCUT2D eigenvalue weighted by Gasteiger charge is -2.09. The van der Waals surface area contributed by atoms with Crippen molar-refractivity contribution in [3.05, 3.63) is 23.3 Å². The van der Waals surface area contributed by atoms with E-state index in [-0.39, 0.29) is 11.5 Å². The number of carbonyl (C=O) groups excluding carboxylic acids is 1. The number of nitrogen functional groups attached to an aromatic ring is 1. The number of hydrogen-bond donors (Lipinski definition) is 2. The minimum atomic E-state index is 0.0918. The Morgan fingerprint density at radius 2 is 2.14 bits per heavy atom. The topological polar surface area (TPSA) is 63.3 Å². The third-order valence-corrected chi connectivity index (χ3v) is 2.30. The van der Waals surface area contributed by atoms with Crippen molar-refractivity contribution in [3.8, 4) is 5.75 Å². The second-order valence-electron chi connectivity index (χ2n) is 3.50. The minimum absolute atomic E-state index is 0.0918. The van der Waals surface area contributed by atoms with E-state index in [2.05, 4.69) is 0 Å². The van der Waals surface area contributed by atoms with E-state index in [1.165, 1.54) is 0 Å². The molecule has 0 unspecified atom stereocenters. The number of aryl methyl sites for hydroxylation is 1. The zero-order chi connectivity index (χ0) is 10.7. The van der Waals surface area contributed by atoms with Crippen LogP contribution in [0, 0.1) is 6.92 Å². The second kappa shape index (κ2) is 4.13. The van der Waals surface area contributed by atoms with Crippen LogP contribution in [0.5, 0.6) is 5.75 Å². The zero-order valence-corrected chi connectivity index (χ0v) is 8.50. The molecule has 0 fully saturated rings. The van der Waals surface area contributed by atoms with Crippen molar-refractivity contribution in [2.24, 2.45) is 0 Å². The highest BCUT2D eigenvalue weighted by Gasteiger charge is 2.08. The number of hydrogen-bond acceptors (Lipinski definition) is 3. The molecular formula is C11H15NO2. The number of anilines is 1. The van der Waals surface area contributed by atoms with Gasteiger partial charge in [0, 0.05) is 6.42 Å². The summed E-state index contributed by atoms with van der Waals surface area (Å²) < 4.78 is 0. The molecule has 0 amide bonds. The Balaban J connectivity index is 2.95. The first-order chi connectivity index (χ1) is 6.52. The number of nitrogens with two attached hydrogens (primary N) is 1. The summed E-state index contributed by atoms with van der Waals surface area (Å²) in [6.45, 7) is 3.47. The summed E-state index contributed by atoms with van der Waals surface area (Å²) in [5, 5.41) is 9.38. The second-order valence-corrected chi connectivity index (χ2v) is 3.50. The molecule has 0 radical (unpaired) electrons. The lowest BCUT2D eigenvalue weighted by Crippen LogP contribution is -2.01. The Bertz CT molecular complexity index is 359. The van der Waals surface area contributed by atoms with E-state index in [9.17, 15) is 9.90 Å². The van der Waals surface area contributed by atoms with Gasteiger partial charge in [-0.1, -0.05) is 6.07 Å². The molecule has 14 heavy (non-hydrogen) atoms. The largest absolute Gasteiger partial charge is 0.506 e. The molecule has 0 aliphatic heterocycles. The average Bonchev–Trinajstić information content (AvgIpc) is 2.11. The Morgan fingerprint density at radius 3 is 2.71 bits per heavy atom. The smallest absolute Gasteiger partial charge is 0.138 e. The third-order valence-electron chi connectivity index (χ3n) is 2.30. The van der Waals surface area contributed by atoms with Crippen molar-refractivity contribution < 1.29 is 9.90 Å². The van der Waals surface area contributed by atoms with Crippen LogP contribution in [-0.2, 0) is 11.2 Å². The van der Waals surface area contributed by atoms with E-state index < -0.39 is 0 Å². The number of ketones is 1. The van der Waals surface area contributed by atoms with Crippen molar-refractivity contribution in [3.63, 3.8) is 0 Å². The van der Waals surface area contributed by atoms with Crippen LogP contribution in [-0.4, -0.2) is 10.9 Å². The molecule has 0 aliphatic carbocycles. The minimum Gasteiger partial charge on any atom is -0.506 e. The first kappa shape index (κ1) is 10.6. The molecule has 0 aliphatic rings. The first-order valence-corrected chi connectivity index (χ1v) is 4.58. The monoisotopic (exact) mass is 193 g/mol. The van der Waals surface area contributed by atoms with E-state index >= 15 is 0 Å². The molecule has 0 saturated heterocycles. The molecule has 1 aromatic rings. The molecule has 3 nitrogen and oxygen atoms in total. The van der Waals surface area contributed by atoms with E-state index in [4.69, 9.17) is 5.73 Å². The van der Waals surface area contributed by atoms with E-state index in [0.29, 0.717) is 18.5 Å². The van der Waals surface area contributed by atoms with Crippen LogP contribution in [0.25, 0.3) is 0 Å². The SMILES string of the molecule is CC(=O)CCc1c(C)ccc(O)c1N. The third kappa shape index (κ3) is 2.25. The predicted octanol–water partition coefficient (Wildman–Crippen LogP) is 1.80. The van der Waals surface area contributed by atoms with Gasteiger partial charge in [0.1, 0.15) is 11.5 Å². The zero-order valence-electron chi connectivity index (χ0n) is 8.50. The Hall–Kier alpha value is -1.51. The summed E-state index contributed by atoms with van der Waals surface area (Å²) in [5.41, 5.74) is 7.99. The fraction of sp³-hybridized carbons (Fsp3) is 0.364. The summed E-state index contributed by atoms with van der Waals surface area (Å²) in [4.78, 5) is 10.8. The predicted molar refractivity (Wildman–Crippen MR) is 56.3 cm³/mol. The maximum Gasteiger partial charge on any atom is 0.138 e. The van der Waals surface area contributed by atoms with Crippen LogP contribution in [0.15, 0.2) is 12.1 Å². The van der Waals surface area contributed by atoms with Crippen molar-refractivity contribution in [1.29, 1.82) is 0 Å². The molecule has 0 aromatic heterocycles. The fourth-order valence-electron chi connectivity index (χ4n) is 1.39. The Kier molecular flexibility index (Phi) is 3.12. The quantitative estimate of drug-likeness (QED) is 0.568. The Morgan fingerprint density at radius 1 is 1.50 bits per heavy atom. The molecular weight excluding hydrogens is 178 g/mol. The highest BCUT2D eigenvalue weighted by Crippen LogP contribution is 2.27. The molecule has 0 spiro atoms. The van der Waals surface area contributed by atoms with Crippen molar-refractivity contribution in [1.82, 2.24) is 0 Å². The van der Waals surface area contributed by atoms with Gasteiger partial charge < -0.3 is 15.6 Å². The van der Waals surface area contributed by atoms with Crippen molar-refractivity contribution >= 4 is 11.5 Å². The fourth-order valence-corrected chi connectivity index (χ4v) is 1.39. The number of aromatic hydroxyl groups is 1. The summed E-state index contributed by atoms with van der Waals surface area (Å²) in [7, 11) is 0. The molecule has 1 aromatic carbocycles. The number of Topliss-reactive ketones (excluding diaryl/α,β-unsaturated/α-hetero) is 1. The van der Waals surface area contributed by atoms with Crippen molar-refractivity contribution in [2.75, 3.05) is 5.73 Å². The highest BCUT2D eigenvalue weighted by molar-refractivity contribution is 5.76. The van der Waals surface area contributed by atoms with Crippen LogP contribution >= 0.6 is 0 Å². The molecule has 0 atom stereocenters. The summed E-state index contributed by atoms with van der Waals surface area (Å²) >= 11 is 0. The molecule has 76 valence electrons. The van der Waals surface area contributed by atoms with Crippen LogP contribution < -0.4 is 5.73 Å². The van der Waals surface area contributed by atoms with E-state index in [1.54, 1.807) is 19.1 Å². The average molecular weight is 193 g/mol. The van der Waals surface area contributed by atoms with Gasteiger partial charge in [0.2, 0.25) is 0 Å². The van der Waals surface area contributed by atoms with E-state index in [1.807, 2.05) is 6.92 Å². The van der Waals surface area contributed by atoms with Gasteiger partial charge in [-0.15, -0.1) is 0 Å². The van der Waals surface area contributed by atoms with Crippen LogP contribution in [0.4, 0.5) is 5.69 Å². The first-order valence-electron chi connectivity index (χ1n) is 4.58. The standard InChI is InChI=1S/C11H15NO2/c1-7-3-6-10(14)11(12)9(7)5-4-8(2)13/h3,6,14H,4-5,12H2,1-2H3. The lowest BCUT2D eigenvalue weighted by atomic mass is 10.0. The van der Waals surface area contributed by atoms with Gasteiger partial charge in [0.15, 0.2) is 0 Å². The van der Waals surface area contributed by atoms with Gasteiger partial charge in [-0.3, -0.25) is 0 Å². The molecule has 0 heterocycles. The lowest BCUT2D eigenvalue weighted by molar-refractivity contribution is -0.116. The number of rotatable bonds is 3. The van der Waals surface area contributed by atoms with Gasteiger partial charge in [-0.05, 0) is 37.5 Å². The van der Waals surface area contributed by atoms with Gasteiger partial charge in [-0.25, -0.2) is 0 Å². The van der Waals surface area contributed by atoms with Crippen LogP contribution in [0.1, 0.15) is 24.5 Å². The summed E-state index contributed by atoms with van der Waals surface area (Å²) in [6.07, 6.45) is 1.07. The number of benzene rings is 1. The number of phenols is 1. The highest BCUT2D eigenvalue weighted by atomic mass is 16.3. The summed E-state index contributed by atoms with van der Waals surface area (Å²) in [6, 6.07) is 3.38. The maximum absolute atomic E-state index is 10.8. The van der Waals surface area contributed by atoms with Crippen LogP contribution in [0.2, 0.25) is 0 Å². The van der Waals surface area contributed by atoms with Gasteiger partial charge in [0.25, 0.3) is 0 Å². The molecule has 0 saturated carbocycles. The van der Waals surface area contributed by atoms with Gasteiger partial charge >= 0.3 is 0 Å². The Labute approximate surface area is 83.6 Å². The van der Waals surface area contributed by atoms with Crippen LogP contribution in [0.3, 0.4) is 0 Å². The van der Waals surface area contributed by atoms with Gasteiger partial charge in [0.05, 0.1) is 5.69 Å². The molecule has 0 bridgehead atoms. The number of phenolic OH excluding ortho intramolecular Hbond substituents is 1. The molecule has 3 N–H and O–H groups in total. The van der Waals surface area contributed by atoms with Crippen molar-refractivity contribution in [2.45, 2.75) is 26.7 Å².